The Balaban J connectivity index is 2.39. The highest BCUT2D eigenvalue weighted by atomic mass is 32.2. The first-order valence-corrected chi connectivity index (χ1v) is 8.09. The molecule has 0 aliphatic heterocycles. The van der Waals surface area contributed by atoms with Gasteiger partial charge in [-0.05, 0) is 38.0 Å². The van der Waals surface area contributed by atoms with Crippen LogP contribution >= 0.6 is 11.8 Å². The predicted octanol–water partition coefficient (Wildman–Crippen LogP) is 3.01. The molecule has 1 rings (SSSR count). The third kappa shape index (κ3) is 6.21. The fraction of sp³-hybridized carbons (Fsp3) is 0.500. The van der Waals surface area contributed by atoms with Crippen LogP contribution in [0, 0.1) is 0 Å². The number of thioether (sulfide) groups is 1. The van der Waals surface area contributed by atoms with Crippen LogP contribution in [0.5, 0.6) is 0 Å². The van der Waals surface area contributed by atoms with Crippen LogP contribution in [0.1, 0.15) is 43.1 Å². The van der Waals surface area contributed by atoms with Crippen molar-refractivity contribution in [3.05, 3.63) is 35.4 Å². The van der Waals surface area contributed by atoms with Crippen molar-refractivity contribution in [2.45, 2.75) is 38.5 Å². The topological polar surface area (TPSA) is 55.4 Å². The minimum atomic E-state index is -0.338. The number of nitrogens with one attached hydrogen (secondary N) is 1. The molecule has 0 heterocycles. The number of amides is 1. The fourth-order valence-electron chi connectivity index (χ4n) is 1.62. The van der Waals surface area contributed by atoms with Crippen molar-refractivity contribution in [3.63, 3.8) is 0 Å². The molecule has 5 heteroatoms. The van der Waals surface area contributed by atoms with Crippen LogP contribution in [-0.4, -0.2) is 30.3 Å². The Morgan fingerprint density at radius 1 is 1.24 bits per heavy atom. The van der Waals surface area contributed by atoms with E-state index in [9.17, 15) is 9.59 Å². The highest BCUT2D eigenvalue weighted by Gasteiger charge is 2.17. The summed E-state index contributed by atoms with van der Waals surface area (Å²) in [6.07, 6.45) is 0.901. The van der Waals surface area contributed by atoms with Gasteiger partial charge in [0.2, 0.25) is 5.91 Å². The molecule has 0 spiro atoms. The molecule has 4 nitrogen and oxygen atoms in total. The largest absolute Gasteiger partial charge is 0.465 e. The quantitative estimate of drug-likeness (QED) is 0.787. The zero-order chi connectivity index (χ0) is 15.9. The van der Waals surface area contributed by atoms with Gasteiger partial charge in [0.15, 0.2) is 0 Å². The van der Waals surface area contributed by atoms with Gasteiger partial charge in [0.05, 0.1) is 18.4 Å². The maximum Gasteiger partial charge on any atom is 0.337 e. The van der Waals surface area contributed by atoms with Gasteiger partial charge >= 0.3 is 5.97 Å². The summed E-state index contributed by atoms with van der Waals surface area (Å²) in [7, 11) is 1.36. The van der Waals surface area contributed by atoms with E-state index >= 15 is 0 Å². The molecule has 0 unspecified atom stereocenters. The van der Waals surface area contributed by atoms with E-state index in [0.717, 1.165) is 17.7 Å². The minimum Gasteiger partial charge on any atom is -0.465 e. The fourth-order valence-corrected chi connectivity index (χ4v) is 2.41. The van der Waals surface area contributed by atoms with Crippen molar-refractivity contribution in [2.24, 2.45) is 0 Å². The zero-order valence-corrected chi connectivity index (χ0v) is 13.9. The van der Waals surface area contributed by atoms with E-state index in [1.54, 1.807) is 23.9 Å². The number of methoxy groups -OCH3 is 1. The van der Waals surface area contributed by atoms with Gasteiger partial charge in [0.25, 0.3) is 0 Å². The van der Waals surface area contributed by atoms with Crippen LogP contribution in [0.25, 0.3) is 0 Å². The number of rotatable bonds is 7. The Labute approximate surface area is 130 Å². The molecule has 116 valence electrons. The van der Waals surface area contributed by atoms with Crippen molar-refractivity contribution < 1.29 is 14.3 Å². The molecule has 1 aromatic carbocycles. The number of carbonyl (C=O) groups excluding carboxylic acids is 2. The Hall–Kier alpha value is -1.49. The smallest absolute Gasteiger partial charge is 0.337 e. The Bertz CT molecular complexity index is 483. The highest BCUT2D eigenvalue weighted by molar-refractivity contribution is 7.99. The van der Waals surface area contributed by atoms with E-state index in [-0.39, 0.29) is 17.4 Å². The molecule has 0 bridgehead atoms. The van der Waals surface area contributed by atoms with Gasteiger partial charge in [-0.2, -0.15) is 0 Å². The van der Waals surface area contributed by atoms with Gasteiger partial charge in [-0.15, -0.1) is 11.8 Å². The lowest BCUT2D eigenvalue weighted by Gasteiger charge is -2.24. The van der Waals surface area contributed by atoms with Crippen molar-refractivity contribution in [2.75, 3.05) is 12.9 Å². The highest BCUT2D eigenvalue weighted by Crippen LogP contribution is 2.14. The Morgan fingerprint density at radius 2 is 1.86 bits per heavy atom. The van der Waals surface area contributed by atoms with Gasteiger partial charge in [0, 0.05) is 11.3 Å². The number of esters is 1. The van der Waals surface area contributed by atoms with E-state index < -0.39 is 0 Å². The summed E-state index contributed by atoms with van der Waals surface area (Å²) in [5.74, 6) is 0.886. The summed E-state index contributed by atoms with van der Waals surface area (Å²) < 4.78 is 4.65. The van der Waals surface area contributed by atoms with Crippen molar-refractivity contribution in [3.8, 4) is 0 Å². The third-order valence-electron chi connectivity index (χ3n) is 3.24. The molecule has 0 radical (unpaired) electrons. The molecule has 1 N–H and O–H groups in total. The first-order valence-electron chi connectivity index (χ1n) is 6.94. The first-order chi connectivity index (χ1) is 9.88. The zero-order valence-electron chi connectivity index (χ0n) is 13.1. The number of hydrogen-bond donors (Lipinski definition) is 1. The van der Waals surface area contributed by atoms with Crippen LogP contribution in [0.2, 0.25) is 0 Å². The number of ether oxygens (including phenoxy) is 1. The molecule has 1 aromatic rings. The molecule has 0 aromatic heterocycles. The van der Waals surface area contributed by atoms with Crippen LogP contribution in [-0.2, 0) is 15.3 Å². The monoisotopic (exact) mass is 309 g/mol. The lowest BCUT2D eigenvalue weighted by Crippen LogP contribution is -2.43. The number of carbonyl (C=O) groups is 2. The molecular weight excluding hydrogens is 286 g/mol. The SMILES string of the molecule is CCC(C)(C)NC(=O)CSCc1ccc(C(=O)OC)cc1. The van der Waals surface area contributed by atoms with Gasteiger partial charge in [0.1, 0.15) is 0 Å². The summed E-state index contributed by atoms with van der Waals surface area (Å²) in [5, 5.41) is 3.00. The molecule has 0 saturated carbocycles. The number of hydrogen-bond acceptors (Lipinski definition) is 4. The number of benzene rings is 1. The standard InChI is InChI=1S/C16H23NO3S/c1-5-16(2,3)17-14(18)11-21-10-12-6-8-13(9-7-12)15(19)20-4/h6-9H,5,10-11H2,1-4H3,(H,17,18). The van der Waals surface area contributed by atoms with Crippen molar-refractivity contribution in [1.29, 1.82) is 0 Å². The second-order valence-corrected chi connectivity index (χ2v) is 6.45. The average molecular weight is 309 g/mol. The van der Waals surface area contributed by atoms with Crippen molar-refractivity contribution in [1.82, 2.24) is 5.32 Å². The van der Waals surface area contributed by atoms with Gasteiger partial charge in [-0.25, -0.2) is 4.79 Å². The summed E-state index contributed by atoms with van der Waals surface area (Å²) in [6, 6.07) is 7.24. The van der Waals surface area contributed by atoms with Gasteiger partial charge in [-0.3, -0.25) is 4.79 Å². The van der Waals surface area contributed by atoms with Crippen LogP contribution in [0.3, 0.4) is 0 Å². The molecule has 21 heavy (non-hydrogen) atoms. The average Bonchev–Trinajstić information content (AvgIpc) is 2.46. The van der Waals surface area contributed by atoms with E-state index in [2.05, 4.69) is 17.0 Å². The van der Waals surface area contributed by atoms with Crippen LogP contribution < -0.4 is 5.32 Å². The first kappa shape index (κ1) is 17.6. The van der Waals surface area contributed by atoms with E-state index in [4.69, 9.17) is 0 Å². The van der Waals surface area contributed by atoms with E-state index in [1.165, 1.54) is 7.11 Å². The summed E-state index contributed by atoms with van der Waals surface area (Å²) in [5.41, 5.74) is 1.46. The summed E-state index contributed by atoms with van der Waals surface area (Å²) in [4.78, 5) is 23.1. The molecule has 0 fully saturated rings. The normalized spacial score (nSPS) is 11.0. The van der Waals surface area contributed by atoms with Crippen molar-refractivity contribution >= 4 is 23.6 Å². The lowest BCUT2D eigenvalue weighted by atomic mass is 10.0. The van der Waals surface area contributed by atoms with Gasteiger partial charge in [-0.1, -0.05) is 19.1 Å². The van der Waals surface area contributed by atoms with Crippen LogP contribution in [0.15, 0.2) is 24.3 Å². The maximum absolute atomic E-state index is 11.8. The molecule has 1 amide bonds. The summed E-state index contributed by atoms with van der Waals surface area (Å²) >= 11 is 1.56. The lowest BCUT2D eigenvalue weighted by molar-refractivity contribution is -0.120. The molecule has 0 aliphatic rings. The maximum atomic E-state index is 11.8. The minimum absolute atomic E-state index is 0.0537. The molecule has 0 saturated heterocycles. The van der Waals surface area contributed by atoms with E-state index in [1.807, 2.05) is 26.0 Å². The van der Waals surface area contributed by atoms with Gasteiger partial charge < -0.3 is 10.1 Å². The van der Waals surface area contributed by atoms with E-state index in [0.29, 0.717) is 11.3 Å². The molecule has 0 atom stereocenters. The molecular formula is C16H23NO3S. The predicted molar refractivity (Wildman–Crippen MR) is 86.5 cm³/mol. The Morgan fingerprint density at radius 3 is 2.38 bits per heavy atom. The summed E-state index contributed by atoms with van der Waals surface area (Å²) in [6.45, 7) is 6.08. The van der Waals surface area contributed by atoms with Crippen LogP contribution in [0.4, 0.5) is 0 Å². The third-order valence-corrected chi connectivity index (χ3v) is 4.24. The Kier molecular flexibility index (Phi) is 6.75. The second kappa shape index (κ2) is 8.08. The second-order valence-electron chi connectivity index (χ2n) is 5.47. The molecule has 0 aliphatic carbocycles.